The second-order valence-corrected chi connectivity index (χ2v) is 4.01. The molecule has 0 spiro atoms. The van der Waals surface area contributed by atoms with Crippen molar-refractivity contribution in [3.8, 4) is 0 Å². The maximum absolute atomic E-state index is 5.81. The Morgan fingerprint density at radius 2 is 2.00 bits per heavy atom. The van der Waals surface area contributed by atoms with Crippen molar-refractivity contribution < 1.29 is 0 Å². The Kier molecular flexibility index (Phi) is 4.43. The lowest BCUT2D eigenvalue weighted by molar-refractivity contribution is 0.525. The van der Waals surface area contributed by atoms with Gasteiger partial charge in [-0.1, -0.05) is 32.4 Å². The van der Waals surface area contributed by atoms with Crippen LogP contribution in [0.2, 0.25) is 0 Å². The summed E-state index contributed by atoms with van der Waals surface area (Å²) in [5.74, 6) is 0.692. The number of hydrogen-bond donors (Lipinski definition) is 1. The third kappa shape index (κ3) is 7.60. The van der Waals surface area contributed by atoms with Gasteiger partial charge in [-0.15, -0.1) is 0 Å². The van der Waals surface area contributed by atoms with Crippen LogP contribution in [0, 0.1) is 5.92 Å². The molecular formula is C10H21N. The number of nitrogens with two attached hydrogens (primary N) is 1. The van der Waals surface area contributed by atoms with Crippen LogP contribution in [0.5, 0.6) is 0 Å². The summed E-state index contributed by atoms with van der Waals surface area (Å²) in [6.07, 6.45) is 6.61. The van der Waals surface area contributed by atoms with Gasteiger partial charge in [-0.25, -0.2) is 0 Å². The molecule has 0 saturated heterocycles. The minimum Gasteiger partial charge on any atom is -0.325 e. The average Bonchev–Trinajstić information content (AvgIpc) is 1.85. The molecule has 0 heterocycles. The quantitative estimate of drug-likeness (QED) is 0.621. The van der Waals surface area contributed by atoms with E-state index in [1.165, 1.54) is 6.42 Å². The van der Waals surface area contributed by atoms with E-state index in [1.54, 1.807) is 0 Å². The molecule has 0 aliphatic carbocycles. The van der Waals surface area contributed by atoms with E-state index in [4.69, 9.17) is 5.73 Å². The van der Waals surface area contributed by atoms with Crippen LogP contribution in [-0.4, -0.2) is 5.54 Å². The first kappa shape index (κ1) is 10.7. The minimum absolute atomic E-state index is 0.0516. The molecule has 0 aromatic rings. The van der Waals surface area contributed by atoms with Gasteiger partial charge in [-0.2, -0.15) is 0 Å². The van der Waals surface area contributed by atoms with Crippen molar-refractivity contribution in [3.05, 3.63) is 12.2 Å². The van der Waals surface area contributed by atoms with Crippen molar-refractivity contribution in [1.29, 1.82) is 0 Å². The normalized spacial score (nSPS) is 15.7. The molecule has 0 aliphatic heterocycles. The molecule has 0 fully saturated rings. The van der Waals surface area contributed by atoms with Crippen molar-refractivity contribution in [2.75, 3.05) is 0 Å². The maximum Gasteiger partial charge on any atom is 0.0132 e. The van der Waals surface area contributed by atoms with Gasteiger partial charge in [-0.3, -0.25) is 0 Å². The number of rotatable bonds is 4. The second-order valence-electron chi connectivity index (χ2n) is 4.01. The second kappa shape index (κ2) is 4.55. The molecule has 1 heteroatoms. The van der Waals surface area contributed by atoms with Crippen LogP contribution in [0.4, 0.5) is 0 Å². The largest absolute Gasteiger partial charge is 0.325 e. The predicted octanol–water partition coefficient (Wildman–Crippen LogP) is 2.72. The molecule has 2 N–H and O–H groups in total. The molecular weight excluding hydrogens is 134 g/mol. The SMILES string of the molecule is CCC(C)C=CCC(C)(C)N. The van der Waals surface area contributed by atoms with Crippen LogP contribution in [-0.2, 0) is 0 Å². The van der Waals surface area contributed by atoms with Crippen molar-refractivity contribution in [2.24, 2.45) is 11.7 Å². The highest BCUT2D eigenvalue weighted by Gasteiger charge is 2.06. The van der Waals surface area contributed by atoms with E-state index < -0.39 is 0 Å². The van der Waals surface area contributed by atoms with Gasteiger partial charge in [-0.05, 0) is 26.2 Å². The van der Waals surface area contributed by atoms with Gasteiger partial charge in [0.05, 0.1) is 0 Å². The fourth-order valence-electron chi connectivity index (χ4n) is 0.740. The summed E-state index contributed by atoms with van der Waals surface area (Å²) in [6.45, 7) is 8.52. The molecule has 0 saturated carbocycles. The van der Waals surface area contributed by atoms with Crippen molar-refractivity contribution in [2.45, 2.75) is 46.1 Å². The van der Waals surface area contributed by atoms with E-state index >= 15 is 0 Å². The van der Waals surface area contributed by atoms with E-state index in [9.17, 15) is 0 Å². The lowest BCUT2D eigenvalue weighted by Gasteiger charge is -2.15. The third-order valence-corrected chi connectivity index (χ3v) is 1.75. The Morgan fingerprint density at radius 3 is 2.36 bits per heavy atom. The molecule has 66 valence electrons. The summed E-state index contributed by atoms with van der Waals surface area (Å²) in [7, 11) is 0. The van der Waals surface area contributed by atoms with Gasteiger partial charge in [0.1, 0.15) is 0 Å². The van der Waals surface area contributed by atoms with Gasteiger partial charge < -0.3 is 5.73 Å². The lowest BCUT2D eigenvalue weighted by atomic mass is 10.0. The topological polar surface area (TPSA) is 26.0 Å². The first-order valence-corrected chi connectivity index (χ1v) is 4.41. The van der Waals surface area contributed by atoms with Crippen molar-refractivity contribution >= 4 is 0 Å². The highest BCUT2D eigenvalue weighted by atomic mass is 14.7. The molecule has 0 aromatic carbocycles. The van der Waals surface area contributed by atoms with Crippen LogP contribution in [0.3, 0.4) is 0 Å². The van der Waals surface area contributed by atoms with E-state index in [0.29, 0.717) is 5.92 Å². The monoisotopic (exact) mass is 155 g/mol. The molecule has 1 unspecified atom stereocenters. The number of allylic oxidation sites excluding steroid dienone is 1. The molecule has 11 heavy (non-hydrogen) atoms. The highest BCUT2D eigenvalue weighted by Crippen LogP contribution is 2.07. The average molecular weight is 155 g/mol. The van der Waals surface area contributed by atoms with Crippen LogP contribution < -0.4 is 5.73 Å². The molecule has 0 rings (SSSR count). The number of hydrogen-bond acceptors (Lipinski definition) is 1. The van der Waals surface area contributed by atoms with Crippen molar-refractivity contribution in [1.82, 2.24) is 0 Å². The molecule has 1 atom stereocenters. The van der Waals surface area contributed by atoms with E-state index in [2.05, 4.69) is 26.0 Å². The van der Waals surface area contributed by atoms with Crippen LogP contribution >= 0.6 is 0 Å². The zero-order valence-electron chi connectivity index (χ0n) is 8.22. The lowest BCUT2D eigenvalue weighted by Crippen LogP contribution is -2.30. The first-order valence-electron chi connectivity index (χ1n) is 4.41. The summed E-state index contributed by atoms with van der Waals surface area (Å²) in [6, 6.07) is 0. The zero-order chi connectivity index (χ0) is 8.91. The van der Waals surface area contributed by atoms with E-state index in [-0.39, 0.29) is 5.54 Å². The fraction of sp³-hybridized carbons (Fsp3) is 0.800. The van der Waals surface area contributed by atoms with Gasteiger partial charge >= 0.3 is 0 Å². The van der Waals surface area contributed by atoms with Crippen LogP contribution in [0.15, 0.2) is 12.2 Å². The Bertz CT molecular complexity index is 119. The van der Waals surface area contributed by atoms with Crippen LogP contribution in [0.25, 0.3) is 0 Å². The van der Waals surface area contributed by atoms with E-state index in [0.717, 1.165) is 6.42 Å². The van der Waals surface area contributed by atoms with Crippen LogP contribution in [0.1, 0.15) is 40.5 Å². The zero-order valence-corrected chi connectivity index (χ0v) is 8.22. The minimum atomic E-state index is -0.0516. The van der Waals surface area contributed by atoms with Gasteiger partial charge in [0.2, 0.25) is 0 Å². The molecule has 1 nitrogen and oxygen atoms in total. The predicted molar refractivity (Wildman–Crippen MR) is 51.5 cm³/mol. The smallest absolute Gasteiger partial charge is 0.0132 e. The van der Waals surface area contributed by atoms with Crippen molar-refractivity contribution in [3.63, 3.8) is 0 Å². The molecule has 0 radical (unpaired) electrons. The Labute approximate surface area is 70.7 Å². The standard InChI is InChI=1S/C10H21N/c1-5-9(2)7-6-8-10(3,4)11/h6-7,9H,5,8,11H2,1-4H3. The van der Waals surface area contributed by atoms with Gasteiger partial charge in [0, 0.05) is 5.54 Å². The molecule has 0 amide bonds. The van der Waals surface area contributed by atoms with Gasteiger partial charge in [0.15, 0.2) is 0 Å². The first-order chi connectivity index (χ1) is 4.95. The Morgan fingerprint density at radius 1 is 1.45 bits per heavy atom. The van der Waals surface area contributed by atoms with E-state index in [1.807, 2.05) is 13.8 Å². The van der Waals surface area contributed by atoms with Gasteiger partial charge in [0.25, 0.3) is 0 Å². The Hall–Kier alpha value is -0.300. The summed E-state index contributed by atoms with van der Waals surface area (Å²) in [4.78, 5) is 0. The summed E-state index contributed by atoms with van der Waals surface area (Å²) in [5, 5.41) is 0. The third-order valence-electron chi connectivity index (χ3n) is 1.75. The highest BCUT2D eigenvalue weighted by molar-refractivity contribution is 4.91. The summed E-state index contributed by atoms with van der Waals surface area (Å²) < 4.78 is 0. The maximum atomic E-state index is 5.81. The molecule has 0 aliphatic rings. The fourth-order valence-corrected chi connectivity index (χ4v) is 0.740. The summed E-state index contributed by atoms with van der Waals surface area (Å²) >= 11 is 0. The summed E-state index contributed by atoms with van der Waals surface area (Å²) in [5.41, 5.74) is 5.76. The molecule has 0 aromatic heterocycles. The molecule has 0 bridgehead atoms. The Balaban J connectivity index is 3.60.